The molecule has 0 aromatic carbocycles. The smallest absolute Gasteiger partial charge is 0.0632 e. The fraction of sp³-hybridized carbons (Fsp3) is 1.00. The topological polar surface area (TPSA) is 6.48 Å². The number of hydrogen-bond acceptors (Lipinski definition) is 2. The Hall–Kier alpha value is -0.220. The van der Waals surface area contributed by atoms with E-state index in [1.54, 1.807) is 0 Å². The zero-order chi connectivity index (χ0) is 10.3. The number of hydrogen-bond donors (Lipinski definition) is 0. The molecule has 0 aliphatic carbocycles. The summed E-state index contributed by atoms with van der Waals surface area (Å²) in [5, 5.41) is -0.747. The third kappa shape index (κ3) is 8.12. The molecule has 0 aromatic heterocycles. The lowest BCUT2D eigenvalue weighted by Crippen LogP contribution is -2.29. The molecular formula is C9H20F2N2. The summed E-state index contributed by atoms with van der Waals surface area (Å²) in [6, 6.07) is 0. The highest BCUT2D eigenvalue weighted by molar-refractivity contribution is 4.58. The maximum absolute atomic E-state index is 11.7. The van der Waals surface area contributed by atoms with Crippen LogP contribution in [0.25, 0.3) is 0 Å². The van der Waals surface area contributed by atoms with Crippen molar-refractivity contribution in [3.8, 4) is 0 Å². The van der Waals surface area contributed by atoms with Crippen LogP contribution in [0, 0.1) is 5.92 Å². The summed E-state index contributed by atoms with van der Waals surface area (Å²) in [5.74, 6) is 0.604. The Morgan fingerprint density at radius 2 is 1.77 bits per heavy atom. The molecule has 0 fully saturated rings. The lowest BCUT2D eigenvalue weighted by molar-refractivity contribution is -0.153. The highest BCUT2D eigenvalue weighted by atomic mass is 19.4. The van der Waals surface area contributed by atoms with Crippen LogP contribution >= 0.6 is 0 Å². The first-order valence-electron chi connectivity index (χ1n) is 4.87. The lowest BCUT2D eigenvalue weighted by atomic mass is 10.2. The maximum atomic E-state index is 11.7. The van der Waals surface area contributed by atoms with Gasteiger partial charge in [0.25, 0.3) is 0 Å². The van der Waals surface area contributed by atoms with Gasteiger partial charge in [0.1, 0.15) is 0 Å². The Kier molecular flexibility index (Phi) is 7.09. The van der Waals surface area contributed by atoms with E-state index in [9.17, 15) is 8.96 Å². The van der Waals surface area contributed by atoms with Crippen LogP contribution in [0.1, 0.15) is 27.2 Å². The van der Waals surface area contributed by atoms with Gasteiger partial charge < -0.3 is 4.90 Å². The van der Waals surface area contributed by atoms with Gasteiger partial charge in [-0.15, -0.1) is 8.96 Å². The van der Waals surface area contributed by atoms with Crippen molar-refractivity contribution in [2.24, 2.45) is 5.92 Å². The second kappa shape index (κ2) is 7.21. The molecule has 0 unspecified atom stereocenters. The fourth-order valence-corrected chi connectivity index (χ4v) is 1.31. The Morgan fingerprint density at radius 1 is 1.15 bits per heavy atom. The van der Waals surface area contributed by atoms with Gasteiger partial charge in [-0.1, -0.05) is 20.8 Å². The largest absolute Gasteiger partial charge is 0.303 e. The fourth-order valence-electron chi connectivity index (χ4n) is 1.31. The Bertz CT molecular complexity index is 118. The summed E-state index contributed by atoms with van der Waals surface area (Å²) in [6.07, 6.45) is 0.535. The van der Waals surface area contributed by atoms with Crippen LogP contribution in [0.2, 0.25) is 0 Å². The van der Waals surface area contributed by atoms with Crippen LogP contribution in [0.5, 0.6) is 0 Å². The monoisotopic (exact) mass is 194 g/mol. The van der Waals surface area contributed by atoms with Crippen LogP contribution in [0.15, 0.2) is 0 Å². The van der Waals surface area contributed by atoms with Crippen LogP contribution in [-0.4, -0.2) is 36.4 Å². The van der Waals surface area contributed by atoms with Gasteiger partial charge in [-0.25, -0.2) is 0 Å². The molecule has 0 N–H and O–H groups in total. The molecule has 0 radical (unpaired) electrons. The minimum absolute atomic E-state index is 0.130. The van der Waals surface area contributed by atoms with Crippen LogP contribution in [-0.2, 0) is 0 Å². The molecule has 0 atom stereocenters. The van der Waals surface area contributed by atoms with Gasteiger partial charge in [-0.3, -0.25) is 0 Å². The summed E-state index contributed by atoms with van der Waals surface area (Å²) in [5.41, 5.74) is 0. The van der Waals surface area contributed by atoms with E-state index in [0.717, 1.165) is 19.6 Å². The molecule has 4 heteroatoms. The molecule has 0 saturated heterocycles. The van der Waals surface area contributed by atoms with Crippen molar-refractivity contribution in [3.63, 3.8) is 0 Å². The zero-order valence-corrected chi connectivity index (χ0v) is 8.76. The summed E-state index contributed by atoms with van der Waals surface area (Å²) in [4.78, 5) is 2.20. The van der Waals surface area contributed by atoms with Crippen molar-refractivity contribution in [1.82, 2.24) is 10.2 Å². The van der Waals surface area contributed by atoms with E-state index in [0.29, 0.717) is 12.3 Å². The minimum atomic E-state index is -0.747. The molecular weight excluding hydrogens is 174 g/mol. The van der Waals surface area contributed by atoms with Crippen molar-refractivity contribution >= 4 is 0 Å². The Morgan fingerprint density at radius 3 is 2.15 bits per heavy atom. The molecule has 0 rings (SSSR count). The Balaban J connectivity index is 3.48. The minimum Gasteiger partial charge on any atom is -0.303 e. The van der Waals surface area contributed by atoms with Gasteiger partial charge in [0.05, 0.1) is 6.54 Å². The predicted octanol–water partition coefficient (Wildman–Crippen LogP) is 2.43. The standard InChI is InChI=1S/C9H20F2N2/c1-4-12(8-9(2)3)6-5-7-13(10)11/h9H,4-8H2,1-3H3. The third-order valence-electron chi connectivity index (χ3n) is 1.87. The van der Waals surface area contributed by atoms with E-state index < -0.39 is 5.34 Å². The van der Waals surface area contributed by atoms with E-state index >= 15 is 0 Å². The highest BCUT2D eigenvalue weighted by Crippen LogP contribution is 2.00. The Labute approximate surface area is 79.4 Å². The van der Waals surface area contributed by atoms with E-state index in [1.165, 1.54) is 0 Å². The van der Waals surface area contributed by atoms with Crippen molar-refractivity contribution in [2.75, 3.05) is 26.2 Å². The third-order valence-corrected chi connectivity index (χ3v) is 1.87. The second-order valence-electron chi connectivity index (χ2n) is 3.67. The van der Waals surface area contributed by atoms with E-state index in [4.69, 9.17) is 0 Å². The van der Waals surface area contributed by atoms with Crippen LogP contribution in [0.4, 0.5) is 8.96 Å². The second-order valence-corrected chi connectivity index (χ2v) is 3.67. The van der Waals surface area contributed by atoms with Gasteiger partial charge in [-0.2, -0.15) is 0 Å². The first-order valence-corrected chi connectivity index (χ1v) is 4.87. The SMILES string of the molecule is CCN(CCCN(F)F)CC(C)C. The van der Waals surface area contributed by atoms with Gasteiger partial charge in [-0.05, 0) is 25.4 Å². The van der Waals surface area contributed by atoms with Crippen LogP contribution < -0.4 is 0 Å². The quantitative estimate of drug-likeness (QED) is 0.574. The number of nitrogens with zero attached hydrogens (tertiary/aromatic N) is 2. The average molecular weight is 194 g/mol. The van der Waals surface area contributed by atoms with Crippen molar-refractivity contribution in [2.45, 2.75) is 27.2 Å². The normalized spacial score (nSPS) is 12.0. The van der Waals surface area contributed by atoms with Crippen molar-refractivity contribution in [1.29, 1.82) is 0 Å². The van der Waals surface area contributed by atoms with Gasteiger partial charge in [0, 0.05) is 11.9 Å². The molecule has 0 saturated carbocycles. The summed E-state index contributed by atoms with van der Waals surface area (Å²) < 4.78 is 23.3. The summed E-state index contributed by atoms with van der Waals surface area (Å²) >= 11 is 0. The molecule has 0 aliphatic rings. The molecule has 0 heterocycles. The highest BCUT2D eigenvalue weighted by Gasteiger charge is 2.06. The first-order chi connectivity index (χ1) is 6.06. The van der Waals surface area contributed by atoms with Crippen LogP contribution in [0.3, 0.4) is 0 Å². The molecule has 2 nitrogen and oxygen atoms in total. The zero-order valence-electron chi connectivity index (χ0n) is 8.76. The van der Waals surface area contributed by atoms with Crippen molar-refractivity contribution < 1.29 is 8.96 Å². The van der Waals surface area contributed by atoms with Crippen molar-refractivity contribution in [3.05, 3.63) is 0 Å². The molecule has 13 heavy (non-hydrogen) atoms. The number of halogens is 2. The average Bonchev–Trinajstić information content (AvgIpc) is 2.01. The van der Waals surface area contributed by atoms with Gasteiger partial charge >= 0.3 is 0 Å². The molecule has 0 bridgehead atoms. The molecule has 0 aromatic rings. The summed E-state index contributed by atoms with van der Waals surface area (Å²) in [7, 11) is 0. The first kappa shape index (κ1) is 12.8. The van der Waals surface area contributed by atoms with E-state index in [1.807, 2.05) is 0 Å². The predicted molar refractivity (Wildman–Crippen MR) is 50.5 cm³/mol. The van der Waals surface area contributed by atoms with E-state index in [2.05, 4.69) is 25.7 Å². The molecule has 0 spiro atoms. The lowest BCUT2D eigenvalue weighted by Gasteiger charge is -2.22. The van der Waals surface area contributed by atoms with E-state index in [-0.39, 0.29) is 6.54 Å². The molecule has 0 amide bonds. The molecule has 80 valence electrons. The van der Waals surface area contributed by atoms with Gasteiger partial charge in [0.2, 0.25) is 0 Å². The van der Waals surface area contributed by atoms with Gasteiger partial charge in [0.15, 0.2) is 0 Å². The summed E-state index contributed by atoms with van der Waals surface area (Å²) in [6.45, 7) is 8.91. The number of rotatable bonds is 7. The maximum Gasteiger partial charge on any atom is 0.0632 e. The molecule has 0 aliphatic heterocycles.